The van der Waals surface area contributed by atoms with E-state index in [2.05, 4.69) is 17.2 Å². The first-order valence-electron chi connectivity index (χ1n) is 9.93. The van der Waals surface area contributed by atoms with Gasteiger partial charge in [-0.3, -0.25) is 9.59 Å². The van der Waals surface area contributed by atoms with Crippen molar-refractivity contribution in [2.45, 2.75) is 84.0 Å². The van der Waals surface area contributed by atoms with Crippen LogP contribution in [-0.2, 0) is 14.3 Å². The summed E-state index contributed by atoms with van der Waals surface area (Å²) in [4.78, 5) is 39.9. The maximum absolute atomic E-state index is 13.4. The van der Waals surface area contributed by atoms with E-state index >= 15 is 0 Å². The van der Waals surface area contributed by atoms with Crippen molar-refractivity contribution in [1.82, 2.24) is 15.5 Å². The number of piperidine rings is 1. The van der Waals surface area contributed by atoms with Crippen molar-refractivity contribution in [3.63, 3.8) is 0 Å². The number of nitrogens with zero attached hydrogens (tertiary/aromatic N) is 1. The number of rotatable bonds is 4. The van der Waals surface area contributed by atoms with Gasteiger partial charge in [-0.05, 0) is 54.4 Å². The molecule has 2 bridgehead atoms. The third-order valence-corrected chi connectivity index (χ3v) is 5.33. The minimum Gasteiger partial charge on any atom is -0.444 e. The lowest BCUT2D eigenvalue weighted by atomic mass is 9.74. The zero-order chi connectivity index (χ0) is 21.5. The molecule has 4 unspecified atom stereocenters. The molecule has 28 heavy (non-hydrogen) atoms. The van der Waals surface area contributed by atoms with Crippen molar-refractivity contribution in [3.8, 4) is 0 Å². The van der Waals surface area contributed by atoms with Crippen LogP contribution < -0.4 is 10.6 Å². The normalized spacial score (nSPS) is 29.4. The Morgan fingerprint density at radius 2 is 1.82 bits per heavy atom. The van der Waals surface area contributed by atoms with E-state index in [1.165, 1.54) is 6.92 Å². The molecule has 2 N–H and O–H groups in total. The number of hydrogen-bond donors (Lipinski definition) is 2. The molecule has 1 aliphatic carbocycles. The zero-order valence-electron chi connectivity index (χ0n) is 18.2. The predicted molar refractivity (Wildman–Crippen MR) is 108 cm³/mol. The van der Waals surface area contributed by atoms with Gasteiger partial charge in [0, 0.05) is 36.9 Å². The number of likely N-dealkylation sites (tertiary alicyclic amines) is 1. The van der Waals surface area contributed by atoms with Gasteiger partial charge in [-0.15, -0.1) is 6.58 Å². The molecule has 3 amide bonds. The van der Waals surface area contributed by atoms with Gasteiger partial charge in [0.25, 0.3) is 0 Å². The van der Waals surface area contributed by atoms with Gasteiger partial charge < -0.3 is 20.3 Å². The average molecular weight is 394 g/mol. The molecule has 0 radical (unpaired) electrons. The quantitative estimate of drug-likeness (QED) is 0.719. The van der Waals surface area contributed by atoms with Gasteiger partial charge in [0.15, 0.2) is 0 Å². The van der Waals surface area contributed by atoms with E-state index in [-0.39, 0.29) is 35.8 Å². The van der Waals surface area contributed by atoms with Crippen molar-refractivity contribution >= 4 is 17.9 Å². The molecule has 0 spiro atoms. The third kappa shape index (κ3) is 4.33. The van der Waals surface area contributed by atoms with E-state index in [0.29, 0.717) is 19.4 Å². The fourth-order valence-corrected chi connectivity index (χ4v) is 4.58. The lowest BCUT2D eigenvalue weighted by Gasteiger charge is -2.47. The highest BCUT2D eigenvalue weighted by Gasteiger charge is 2.66. The topological polar surface area (TPSA) is 87.7 Å². The SMILES string of the molecule is C=CCC1C2CC(CN2C(=O)OC(C)(C)C)C1(NC(C)=O)C(=O)NC(C)(C)C. The maximum atomic E-state index is 13.4. The molecule has 2 fully saturated rings. The second-order valence-corrected chi connectivity index (χ2v) is 10.0. The summed E-state index contributed by atoms with van der Waals surface area (Å²) in [5.74, 6) is -0.892. The van der Waals surface area contributed by atoms with Crippen LogP contribution in [0.4, 0.5) is 4.79 Å². The summed E-state index contributed by atoms with van der Waals surface area (Å²) in [6.45, 7) is 16.9. The smallest absolute Gasteiger partial charge is 0.410 e. The van der Waals surface area contributed by atoms with Crippen molar-refractivity contribution in [2.24, 2.45) is 11.8 Å². The number of ether oxygens (including phenoxy) is 1. The van der Waals surface area contributed by atoms with Gasteiger partial charge in [0.1, 0.15) is 11.1 Å². The van der Waals surface area contributed by atoms with Gasteiger partial charge >= 0.3 is 6.09 Å². The van der Waals surface area contributed by atoms with Gasteiger partial charge in [0.2, 0.25) is 11.8 Å². The van der Waals surface area contributed by atoms with E-state index < -0.39 is 16.7 Å². The molecule has 7 heteroatoms. The van der Waals surface area contributed by atoms with Gasteiger partial charge in [-0.2, -0.15) is 0 Å². The number of amides is 3. The zero-order valence-corrected chi connectivity index (χ0v) is 18.2. The first-order valence-corrected chi connectivity index (χ1v) is 9.93. The second kappa shape index (κ2) is 7.41. The van der Waals surface area contributed by atoms with Crippen molar-refractivity contribution in [3.05, 3.63) is 12.7 Å². The lowest BCUT2D eigenvalue weighted by Crippen LogP contribution is -2.70. The van der Waals surface area contributed by atoms with E-state index in [1.54, 1.807) is 11.0 Å². The fraction of sp³-hybridized carbons (Fsp3) is 0.762. The minimum absolute atomic E-state index is 0.179. The van der Waals surface area contributed by atoms with E-state index in [4.69, 9.17) is 4.74 Å². The summed E-state index contributed by atoms with van der Waals surface area (Å²) in [6.07, 6.45) is 2.54. The maximum Gasteiger partial charge on any atom is 0.410 e. The van der Waals surface area contributed by atoms with Crippen LogP contribution in [-0.4, -0.2) is 52.1 Å². The van der Waals surface area contributed by atoms with Crippen LogP contribution in [0.25, 0.3) is 0 Å². The monoisotopic (exact) mass is 393 g/mol. The molecule has 1 aliphatic heterocycles. The van der Waals surface area contributed by atoms with Crippen LogP contribution >= 0.6 is 0 Å². The summed E-state index contributed by atoms with van der Waals surface area (Å²) in [5.41, 5.74) is -2.09. The Bertz CT molecular complexity index is 662. The molecule has 0 aromatic heterocycles. The molecule has 0 aromatic rings. The number of carbonyl (C=O) groups excluding carboxylic acids is 3. The Morgan fingerprint density at radius 3 is 2.29 bits per heavy atom. The lowest BCUT2D eigenvalue weighted by molar-refractivity contribution is -0.140. The molecule has 1 heterocycles. The van der Waals surface area contributed by atoms with Crippen molar-refractivity contribution in [1.29, 1.82) is 0 Å². The van der Waals surface area contributed by atoms with Crippen LogP contribution in [0.15, 0.2) is 12.7 Å². The van der Waals surface area contributed by atoms with Crippen molar-refractivity contribution < 1.29 is 19.1 Å². The number of hydrogen-bond acceptors (Lipinski definition) is 4. The minimum atomic E-state index is -1.06. The fourth-order valence-electron chi connectivity index (χ4n) is 4.58. The van der Waals surface area contributed by atoms with Gasteiger partial charge in [0.05, 0.1) is 0 Å². The second-order valence-electron chi connectivity index (χ2n) is 10.0. The molecule has 1 saturated heterocycles. The largest absolute Gasteiger partial charge is 0.444 e. The summed E-state index contributed by atoms with van der Waals surface area (Å²) in [5, 5.41) is 6.01. The molecule has 158 valence electrons. The summed E-state index contributed by atoms with van der Waals surface area (Å²) in [6, 6.07) is -0.185. The van der Waals surface area contributed by atoms with E-state index in [0.717, 1.165) is 0 Å². The number of fused-ring (bicyclic) bond motifs is 2. The van der Waals surface area contributed by atoms with Crippen LogP contribution in [0, 0.1) is 11.8 Å². The average Bonchev–Trinajstić information content (AvgIpc) is 3.02. The van der Waals surface area contributed by atoms with Crippen LogP contribution in [0.3, 0.4) is 0 Å². The molecule has 1 saturated carbocycles. The first kappa shape index (κ1) is 22.2. The Kier molecular flexibility index (Phi) is 5.89. The Hall–Kier alpha value is -2.05. The Balaban J connectivity index is 2.40. The van der Waals surface area contributed by atoms with Crippen LogP contribution in [0.2, 0.25) is 0 Å². The van der Waals surface area contributed by atoms with Crippen LogP contribution in [0.1, 0.15) is 61.3 Å². The predicted octanol–water partition coefficient (Wildman–Crippen LogP) is 2.61. The molecule has 2 rings (SSSR count). The van der Waals surface area contributed by atoms with Gasteiger partial charge in [-0.1, -0.05) is 6.08 Å². The molecule has 7 nitrogen and oxygen atoms in total. The number of carbonyl (C=O) groups is 3. The highest BCUT2D eigenvalue weighted by molar-refractivity contribution is 5.93. The van der Waals surface area contributed by atoms with Gasteiger partial charge in [-0.25, -0.2) is 4.79 Å². The van der Waals surface area contributed by atoms with Crippen molar-refractivity contribution in [2.75, 3.05) is 6.54 Å². The molecule has 4 atom stereocenters. The first-order chi connectivity index (χ1) is 12.7. The third-order valence-electron chi connectivity index (χ3n) is 5.33. The number of nitrogens with one attached hydrogen (secondary N) is 2. The van der Waals surface area contributed by atoms with Crippen LogP contribution in [0.5, 0.6) is 0 Å². The molecular weight excluding hydrogens is 358 g/mol. The summed E-state index contributed by atoms with van der Waals surface area (Å²) < 4.78 is 5.56. The summed E-state index contributed by atoms with van der Waals surface area (Å²) in [7, 11) is 0. The van der Waals surface area contributed by atoms with E-state index in [1.807, 2.05) is 41.5 Å². The Morgan fingerprint density at radius 1 is 1.21 bits per heavy atom. The molecule has 2 aliphatic rings. The summed E-state index contributed by atoms with van der Waals surface area (Å²) >= 11 is 0. The standard InChI is InChI=1S/C21H35N3O4/c1-9-10-15-16-11-14(12-24(16)18(27)28-20(6,7)8)21(15,22-13(2)25)17(26)23-19(3,4)5/h9,14-16H,1,10-12H2,2-8H3,(H,22,25)(H,23,26). The van der Waals surface area contributed by atoms with E-state index in [9.17, 15) is 14.4 Å². The number of allylic oxidation sites excluding steroid dienone is 1. The molecular formula is C21H35N3O4. The molecule has 0 aromatic carbocycles. The Labute approximate surface area is 168 Å². The highest BCUT2D eigenvalue weighted by Crippen LogP contribution is 2.51. The highest BCUT2D eigenvalue weighted by atomic mass is 16.6.